The number of hydrogen-bond donors (Lipinski definition) is 2. The van der Waals surface area contributed by atoms with Gasteiger partial charge < -0.3 is 20.3 Å². The summed E-state index contributed by atoms with van der Waals surface area (Å²) in [6.45, 7) is -1.58. The van der Waals surface area contributed by atoms with Crippen LogP contribution in [0.2, 0.25) is 0 Å². The first-order chi connectivity index (χ1) is 16.2. The summed E-state index contributed by atoms with van der Waals surface area (Å²) in [5.74, 6) is -1.15. The largest absolute Gasteiger partial charge is 0.483 e. The van der Waals surface area contributed by atoms with E-state index in [1.807, 2.05) is 0 Å². The summed E-state index contributed by atoms with van der Waals surface area (Å²) in [6.07, 6.45) is 2.37. The fourth-order valence-corrected chi connectivity index (χ4v) is 3.59. The second kappa shape index (κ2) is 10.2. The number of aromatic nitrogens is 1. The van der Waals surface area contributed by atoms with Crippen LogP contribution < -0.4 is 10.5 Å². The molecule has 11 heteroatoms. The van der Waals surface area contributed by atoms with Crippen LogP contribution in [0.1, 0.15) is 16.7 Å². The Morgan fingerprint density at radius 2 is 1.82 bits per heavy atom. The molecule has 0 saturated heterocycles. The van der Waals surface area contributed by atoms with E-state index >= 15 is 0 Å². The zero-order chi connectivity index (χ0) is 24.9. The number of halogens is 4. The normalized spacial score (nSPS) is 16.8. The maximum atomic E-state index is 14.6. The second-order valence-electron chi connectivity index (χ2n) is 7.15. The smallest absolute Gasteiger partial charge is 0.387 e. The van der Waals surface area contributed by atoms with Crippen molar-refractivity contribution in [3.63, 3.8) is 0 Å². The van der Waals surface area contributed by atoms with Crippen LogP contribution in [-0.2, 0) is 15.1 Å². The molecule has 0 bridgehead atoms. The number of nitrogens with two attached hydrogens (primary N) is 1. The highest BCUT2D eigenvalue weighted by molar-refractivity contribution is 5.76. The monoisotopic (exact) mass is 477 g/mol. The van der Waals surface area contributed by atoms with Gasteiger partial charge in [0, 0.05) is 17.3 Å². The van der Waals surface area contributed by atoms with Gasteiger partial charge in [0.15, 0.2) is 5.54 Å². The molecule has 0 spiro atoms. The zero-order valence-electron chi connectivity index (χ0n) is 17.7. The Labute approximate surface area is 191 Å². The average Bonchev–Trinajstić information content (AvgIpc) is 3.18. The molecule has 3 N–H and O–H groups in total. The van der Waals surface area contributed by atoms with Crippen LogP contribution in [-0.4, -0.2) is 35.8 Å². The Hall–Kier alpha value is -4.15. The predicted octanol–water partition coefficient (Wildman–Crippen LogP) is 4.23. The van der Waals surface area contributed by atoms with Crippen LogP contribution in [0, 0.1) is 18.6 Å². The summed E-state index contributed by atoms with van der Waals surface area (Å²) in [4.78, 5) is 16.6. The van der Waals surface area contributed by atoms with Crippen LogP contribution in [0.3, 0.4) is 0 Å². The standard InChI is InChI=1S/C22H17F4N3O2.CH2O2/c1-12-6-14(3-5-19(12)31-20(25)26)22(11-30-21(27)29-22)15-2-4-18(24)17(8-15)13-7-16(23)10-28-9-13;2-1-3/h2-10,20H,11H2,1H3,(H2,27,29);1H,(H,2,3). The van der Waals surface area contributed by atoms with E-state index in [-0.39, 0.29) is 36.0 Å². The number of nitrogens with zero attached hydrogens (tertiary/aromatic N) is 2. The van der Waals surface area contributed by atoms with Crippen molar-refractivity contribution in [1.82, 2.24) is 4.98 Å². The highest BCUT2D eigenvalue weighted by Crippen LogP contribution is 2.41. The number of hydrogen-bond acceptors (Lipinski definition) is 6. The van der Waals surface area contributed by atoms with Gasteiger partial charge in [0.25, 0.3) is 12.5 Å². The van der Waals surface area contributed by atoms with Gasteiger partial charge in [-0.15, -0.1) is 0 Å². The average molecular weight is 477 g/mol. The number of carbonyl (C=O) groups is 1. The van der Waals surface area contributed by atoms with Gasteiger partial charge in [-0.2, -0.15) is 8.78 Å². The van der Waals surface area contributed by atoms with Crippen molar-refractivity contribution in [2.75, 3.05) is 6.61 Å². The summed E-state index contributed by atoms with van der Waals surface area (Å²) in [5.41, 5.74) is 6.57. The molecule has 1 aliphatic rings. The van der Waals surface area contributed by atoms with E-state index in [0.717, 1.165) is 6.20 Å². The molecule has 1 aromatic heterocycles. The molecular formula is C23H19F4N3O4. The fraction of sp³-hybridized carbons (Fsp3) is 0.174. The van der Waals surface area contributed by atoms with Gasteiger partial charge in [-0.25, -0.2) is 13.8 Å². The Kier molecular flexibility index (Phi) is 7.34. The second-order valence-corrected chi connectivity index (χ2v) is 7.15. The van der Waals surface area contributed by atoms with E-state index in [1.165, 1.54) is 36.5 Å². The van der Waals surface area contributed by atoms with Crippen LogP contribution in [0.4, 0.5) is 17.6 Å². The zero-order valence-corrected chi connectivity index (χ0v) is 17.7. The number of ether oxygens (including phenoxy) is 2. The van der Waals surface area contributed by atoms with Crippen LogP contribution in [0.15, 0.2) is 59.9 Å². The van der Waals surface area contributed by atoms with E-state index in [9.17, 15) is 17.6 Å². The number of carboxylic acid groups (broad SMARTS) is 1. The fourth-order valence-electron chi connectivity index (χ4n) is 3.59. The summed E-state index contributed by atoms with van der Waals surface area (Å²) in [7, 11) is 0. The van der Waals surface area contributed by atoms with Crippen molar-refractivity contribution < 1.29 is 36.9 Å². The molecule has 2 heterocycles. The van der Waals surface area contributed by atoms with Crippen molar-refractivity contribution in [2.24, 2.45) is 10.7 Å². The molecule has 3 aromatic rings. The minimum atomic E-state index is -2.96. The first-order valence-electron chi connectivity index (χ1n) is 9.73. The highest BCUT2D eigenvalue weighted by Gasteiger charge is 2.40. The molecule has 1 unspecified atom stereocenters. The molecule has 0 amide bonds. The lowest BCUT2D eigenvalue weighted by Crippen LogP contribution is -2.27. The van der Waals surface area contributed by atoms with Gasteiger partial charge in [-0.3, -0.25) is 9.78 Å². The minimum absolute atomic E-state index is 0.0137. The van der Waals surface area contributed by atoms with Crippen molar-refractivity contribution in [3.8, 4) is 16.9 Å². The molecule has 7 nitrogen and oxygen atoms in total. The number of rotatable bonds is 5. The molecule has 0 aliphatic carbocycles. The number of aryl methyl sites for hydroxylation is 1. The molecule has 0 fully saturated rings. The maximum absolute atomic E-state index is 14.6. The number of benzene rings is 2. The molecule has 4 rings (SSSR count). The first kappa shape index (κ1) is 24.5. The highest BCUT2D eigenvalue weighted by atomic mass is 19.3. The van der Waals surface area contributed by atoms with Crippen LogP contribution >= 0.6 is 0 Å². The van der Waals surface area contributed by atoms with Crippen molar-refractivity contribution in [1.29, 1.82) is 0 Å². The molecular weight excluding hydrogens is 458 g/mol. The van der Waals surface area contributed by atoms with Crippen molar-refractivity contribution in [2.45, 2.75) is 19.1 Å². The van der Waals surface area contributed by atoms with Gasteiger partial charge in [-0.05, 0) is 53.9 Å². The Morgan fingerprint density at radius 3 is 2.41 bits per heavy atom. The molecule has 1 atom stereocenters. The van der Waals surface area contributed by atoms with E-state index in [4.69, 9.17) is 20.4 Å². The predicted molar refractivity (Wildman–Crippen MR) is 114 cm³/mol. The summed E-state index contributed by atoms with van der Waals surface area (Å²) >= 11 is 0. The van der Waals surface area contributed by atoms with E-state index in [2.05, 4.69) is 14.7 Å². The third kappa shape index (κ3) is 5.08. The van der Waals surface area contributed by atoms with E-state index < -0.39 is 23.8 Å². The van der Waals surface area contributed by atoms with Crippen molar-refractivity contribution in [3.05, 3.63) is 83.2 Å². The van der Waals surface area contributed by atoms with Crippen molar-refractivity contribution >= 4 is 12.5 Å². The number of aliphatic imine (C=N–C) groups is 1. The quantitative estimate of drug-likeness (QED) is 0.421. The molecule has 1 aliphatic heterocycles. The Balaban J connectivity index is 0.00000103. The maximum Gasteiger partial charge on any atom is 0.387 e. The summed E-state index contributed by atoms with van der Waals surface area (Å²) in [5, 5.41) is 6.89. The van der Waals surface area contributed by atoms with E-state index in [0.29, 0.717) is 16.7 Å². The minimum Gasteiger partial charge on any atom is -0.483 e. The van der Waals surface area contributed by atoms with Gasteiger partial charge in [-0.1, -0.05) is 12.1 Å². The van der Waals surface area contributed by atoms with E-state index in [1.54, 1.807) is 19.1 Å². The SMILES string of the molecule is Cc1cc(C2(c3ccc(F)c(-c4cncc(F)c4)c3)COC(N)=N2)ccc1OC(F)F.O=CO. The topological polar surface area (TPSA) is 107 Å². The lowest BCUT2D eigenvalue weighted by atomic mass is 9.82. The Morgan fingerprint density at radius 1 is 1.15 bits per heavy atom. The molecule has 34 heavy (non-hydrogen) atoms. The number of amidine groups is 1. The number of alkyl halides is 2. The molecule has 0 saturated carbocycles. The lowest BCUT2D eigenvalue weighted by Gasteiger charge is -2.27. The van der Waals surface area contributed by atoms with Gasteiger partial charge >= 0.3 is 6.61 Å². The summed E-state index contributed by atoms with van der Waals surface area (Å²) < 4.78 is 63.4. The van der Waals surface area contributed by atoms with Crippen LogP contribution in [0.5, 0.6) is 5.75 Å². The third-order valence-corrected chi connectivity index (χ3v) is 5.06. The lowest BCUT2D eigenvalue weighted by molar-refractivity contribution is -0.122. The Bertz CT molecular complexity index is 1220. The summed E-state index contributed by atoms with van der Waals surface area (Å²) in [6, 6.07) is 10.0. The molecule has 2 aromatic carbocycles. The van der Waals surface area contributed by atoms with Gasteiger partial charge in [0.1, 0.15) is 24.0 Å². The van der Waals surface area contributed by atoms with Gasteiger partial charge in [0.05, 0.1) is 6.20 Å². The first-order valence-corrected chi connectivity index (χ1v) is 9.73. The molecule has 0 radical (unpaired) electrons. The molecule has 178 valence electrons. The third-order valence-electron chi connectivity index (χ3n) is 5.06. The van der Waals surface area contributed by atoms with Crippen LogP contribution in [0.25, 0.3) is 11.1 Å². The van der Waals surface area contributed by atoms with Gasteiger partial charge in [0.2, 0.25) is 0 Å². The number of pyridine rings is 1.